The topological polar surface area (TPSA) is 55.1 Å². The second kappa shape index (κ2) is 6.83. The molecule has 1 fully saturated rings. The first-order valence-corrected chi connectivity index (χ1v) is 6.24. The van der Waals surface area contributed by atoms with Gasteiger partial charge in [-0.3, -0.25) is 4.79 Å². The van der Waals surface area contributed by atoms with E-state index < -0.39 is 0 Å². The Labute approximate surface area is 92.8 Å². The average Bonchev–Trinajstić information content (AvgIpc) is 2.67. The quantitative estimate of drug-likeness (QED) is 0.705. The normalized spacial score (nSPS) is 19.1. The van der Waals surface area contributed by atoms with Crippen molar-refractivity contribution in [3.63, 3.8) is 0 Å². The highest BCUT2D eigenvalue weighted by atomic mass is 16.1. The molecule has 0 aromatic carbocycles. The number of nitrogens with two attached hydrogens (primary N) is 1. The molecule has 3 N–H and O–H groups in total. The van der Waals surface area contributed by atoms with E-state index in [0.29, 0.717) is 6.42 Å². The van der Waals surface area contributed by atoms with E-state index in [-0.39, 0.29) is 11.9 Å². The Hall–Kier alpha value is -0.570. The highest BCUT2D eigenvalue weighted by molar-refractivity contribution is 5.76. The summed E-state index contributed by atoms with van der Waals surface area (Å²) in [6.45, 7) is 2.95. The molecule has 1 unspecified atom stereocenters. The molecule has 0 spiro atoms. The van der Waals surface area contributed by atoms with Crippen molar-refractivity contribution < 1.29 is 4.79 Å². The molecule has 15 heavy (non-hydrogen) atoms. The van der Waals surface area contributed by atoms with Crippen molar-refractivity contribution in [1.82, 2.24) is 5.32 Å². The Bertz CT molecular complexity index is 188. The van der Waals surface area contributed by atoms with Crippen molar-refractivity contribution in [3.8, 4) is 0 Å². The van der Waals surface area contributed by atoms with Crippen molar-refractivity contribution in [2.75, 3.05) is 6.54 Å². The molecule has 0 saturated heterocycles. The summed E-state index contributed by atoms with van der Waals surface area (Å²) in [5.41, 5.74) is 5.81. The lowest BCUT2D eigenvalue weighted by Gasteiger charge is -2.13. The van der Waals surface area contributed by atoms with Gasteiger partial charge in [0.2, 0.25) is 5.91 Å². The standard InChI is InChI=1S/C12H24N2O/c1-2-5-11(13)8-12(15)14-9-10-6-3-4-7-10/h10-11H,2-9,13H2,1H3,(H,14,15). The van der Waals surface area contributed by atoms with Crippen LogP contribution in [-0.4, -0.2) is 18.5 Å². The third-order valence-corrected chi connectivity index (χ3v) is 3.17. The fourth-order valence-electron chi connectivity index (χ4n) is 2.26. The maximum Gasteiger partial charge on any atom is 0.221 e. The summed E-state index contributed by atoms with van der Waals surface area (Å²) < 4.78 is 0. The maximum atomic E-state index is 11.5. The largest absolute Gasteiger partial charge is 0.356 e. The van der Waals surface area contributed by atoms with E-state index in [0.717, 1.165) is 25.3 Å². The number of hydrogen-bond donors (Lipinski definition) is 2. The van der Waals surface area contributed by atoms with Crippen LogP contribution in [0.1, 0.15) is 51.9 Å². The number of nitrogens with one attached hydrogen (secondary N) is 1. The highest BCUT2D eigenvalue weighted by Crippen LogP contribution is 2.23. The second-order valence-corrected chi connectivity index (χ2v) is 4.71. The Morgan fingerprint density at radius 3 is 2.73 bits per heavy atom. The van der Waals surface area contributed by atoms with Gasteiger partial charge in [0.1, 0.15) is 0 Å². The second-order valence-electron chi connectivity index (χ2n) is 4.71. The molecule has 0 radical (unpaired) electrons. The minimum Gasteiger partial charge on any atom is -0.356 e. The van der Waals surface area contributed by atoms with Gasteiger partial charge in [-0.1, -0.05) is 26.2 Å². The molecular weight excluding hydrogens is 188 g/mol. The van der Waals surface area contributed by atoms with E-state index in [1.54, 1.807) is 0 Å². The lowest BCUT2D eigenvalue weighted by atomic mass is 10.1. The number of amides is 1. The zero-order chi connectivity index (χ0) is 11.1. The monoisotopic (exact) mass is 212 g/mol. The summed E-state index contributed by atoms with van der Waals surface area (Å²) >= 11 is 0. The Balaban J connectivity index is 2.07. The summed E-state index contributed by atoms with van der Waals surface area (Å²) in [6.07, 6.45) is 7.70. The van der Waals surface area contributed by atoms with Crippen LogP contribution in [0.25, 0.3) is 0 Å². The van der Waals surface area contributed by atoms with Crippen LogP contribution in [0.2, 0.25) is 0 Å². The molecular formula is C12H24N2O. The van der Waals surface area contributed by atoms with Gasteiger partial charge in [-0.05, 0) is 25.2 Å². The fraction of sp³-hybridized carbons (Fsp3) is 0.917. The predicted molar refractivity (Wildman–Crippen MR) is 62.5 cm³/mol. The number of carbonyl (C=O) groups excluding carboxylic acids is 1. The zero-order valence-corrected chi connectivity index (χ0v) is 9.80. The van der Waals surface area contributed by atoms with Gasteiger partial charge < -0.3 is 11.1 Å². The molecule has 3 heteroatoms. The predicted octanol–water partition coefficient (Wildman–Crippen LogP) is 1.81. The van der Waals surface area contributed by atoms with Crippen molar-refractivity contribution in [2.24, 2.45) is 11.7 Å². The van der Waals surface area contributed by atoms with E-state index in [4.69, 9.17) is 5.73 Å². The zero-order valence-electron chi connectivity index (χ0n) is 9.80. The third kappa shape index (κ3) is 5.17. The molecule has 3 nitrogen and oxygen atoms in total. The van der Waals surface area contributed by atoms with E-state index in [2.05, 4.69) is 12.2 Å². The summed E-state index contributed by atoms with van der Waals surface area (Å²) in [6, 6.07) is 0.0404. The first kappa shape index (κ1) is 12.5. The van der Waals surface area contributed by atoms with E-state index >= 15 is 0 Å². The molecule has 1 saturated carbocycles. The number of rotatable bonds is 6. The van der Waals surface area contributed by atoms with Crippen molar-refractivity contribution in [2.45, 2.75) is 57.9 Å². The van der Waals surface area contributed by atoms with Gasteiger partial charge in [0.05, 0.1) is 0 Å². The van der Waals surface area contributed by atoms with Crippen LogP contribution < -0.4 is 11.1 Å². The van der Waals surface area contributed by atoms with Gasteiger partial charge in [0, 0.05) is 19.0 Å². The molecule has 0 bridgehead atoms. The summed E-state index contributed by atoms with van der Waals surface area (Å²) in [4.78, 5) is 11.5. The van der Waals surface area contributed by atoms with Gasteiger partial charge >= 0.3 is 0 Å². The number of hydrogen-bond acceptors (Lipinski definition) is 2. The first-order chi connectivity index (χ1) is 7.22. The summed E-state index contributed by atoms with van der Waals surface area (Å²) in [5, 5.41) is 2.99. The van der Waals surface area contributed by atoms with Crippen LogP contribution in [0.3, 0.4) is 0 Å². The van der Waals surface area contributed by atoms with E-state index in [1.165, 1.54) is 25.7 Å². The van der Waals surface area contributed by atoms with Gasteiger partial charge in [-0.15, -0.1) is 0 Å². The summed E-state index contributed by atoms with van der Waals surface area (Å²) in [7, 11) is 0. The van der Waals surface area contributed by atoms with Crippen LogP contribution >= 0.6 is 0 Å². The first-order valence-electron chi connectivity index (χ1n) is 6.24. The highest BCUT2D eigenvalue weighted by Gasteiger charge is 2.16. The molecule has 0 aromatic heterocycles. The molecule has 0 aliphatic heterocycles. The lowest BCUT2D eigenvalue weighted by Crippen LogP contribution is -2.33. The minimum atomic E-state index is 0.0404. The third-order valence-electron chi connectivity index (χ3n) is 3.17. The van der Waals surface area contributed by atoms with Crippen LogP contribution in [0.5, 0.6) is 0 Å². The van der Waals surface area contributed by atoms with Crippen LogP contribution in [0.15, 0.2) is 0 Å². The van der Waals surface area contributed by atoms with Gasteiger partial charge in [0.15, 0.2) is 0 Å². The minimum absolute atomic E-state index is 0.0404. The fourth-order valence-corrected chi connectivity index (χ4v) is 2.26. The molecule has 0 aromatic rings. The lowest BCUT2D eigenvalue weighted by molar-refractivity contribution is -0.121. The Kier molecular flexibility index (Phi) is 5.69. The maximum absolute atomic E-state index is 11.5. The Morgan fingerprint density at radius 1 is 1.47 bits per heavy atom. The SMILES string of the molecule is CCCC(N)CC(=O)NCC1CCCC1. The van der Waals surface area contributed by atoms with Gasteiger partial charge in [0.25, 0.3) is 0 Å². The molecule has 1 atom stereocenters. The van der Waals surface area contributed by atoms with Crippen LogP contribution in [-0.2, 0) is 4.79 Å². The van der Waals surface area contributed by atoms with E-state index in [1.807, 2.05) is 0 Å². The van der Waals surface area contributed by atoms with E-state index in [9.17, 15) is 4.79 Å². The van der Waals surface area contributed by atoms with Crippen molar-refractivity contribution in [1.29, 1.82) is 0 Å². The smallest absolute Gasteiger partial charge is 0.221 e. The van der Waals surface area contributed by atoms with Crippen molar-refractivity contribution >= 4 is 5.91 Å². The molecule has 1 rings (SSSR count). The van der Waals surface area contributed by atoms with Crippen LogP contribution in [0, 0.1) is 5.92 Å². The molecule has 88 valence electrons. The van der Waals surface area contributed by atoms with Crippen molar-refractivity contribution in [3.05, 3.63) is 0 Å². The number of carbonyl (C=O) groups is 1. The molecule has 1 aliphatic carbocycles. The van der Waals surface area contributed by atoms with Gasteiger partial charge in [-0.25, -0.2) is 0 Å². The molecule has 1 amide bonds. The molecule has 0 heterocycles. The Morgan fingerprint density at radius 2 is 2.13 bits per heavy atom. The van der Waals surface area contributed by atoms with Gasteiger partial charge in [-0.2, -0.15) is 0 Å². The summed E-state index contributed by atoms with van der Waals surface area (Å²) in [5.74, 6) is 0.846. The van der Waals surface area contributed by atoms with Crippen LogP contribution in [0.4, 0.5) is 0 Å². The molecule has 1 aliphatic rings. The average molecular weight is 212 g/mol.